The molecule has 19 heavy (non-hydrogen) atoms. The fourth-order valence-electron chi connectivity index (χ4n) is 2.42. The van der Waals surface area contributed by atoms with Gasteiger partial charge in [0.1, 0.15) is 12.2 Å². The van der Waals surface area contributed by atoms with Gasteiger partial charge in [0.2, 0.25) is 5.91 Å². The molecular weight excluding hydrogens is 240 g/mol. The van der Waals surface area contributed by atoms with E-state index in [0.717, 1.165) is 18.7 Å². The van der Waals surface area contributed by atoms with Crippen molar-refractivity contribution in [2.75, 3.05) is 0 Å². The number of hydrogen-bond donors (Lipinski definition) is 1. The van der Waals surface area contributed by atoms with E-state index in [4.69, 9.17) is 0 Å². The van der Waals surface area contributed by atoms with Crippen molar-refractivity contribution >= 4 is 5.91 Å². The molecule has 1 aliphatic carbocycles. The van der Waals surface area contributed by atoms with Crippen LogP contribution in [0.1, 0.15) is 44.9 Å². The molecule has 5 nitrogen and oxygen atoms in total. The third kappa shape index (κ3) is 3.91. The van der Waals surface area contributed by atoms with E-state index in [1.807, 2.05) is 11.6 Å². The van der Waals surface area contributed by atoms with E-state index in [0.29, 0.717) is 12.8 Å². The fourth-order valence-corrected chi connectivity index (χ4v) is 2.42. The number of allylic oxidation sites excluding steroid dienone is 1. The zero-order valence-electron chi connectivity index (χ0n) is 11.7. The minimum absolute atomic E-state index is 0.0852. The normalized spacial score (nSPS) is 16.8. The number of aromatic nitrogens is 3. The summed E-state index contributed by atoms with van der Waals surface area (Å²) in [6.45, 7) is 2.07. The molecule has 0 aliphatic heterocycles. The van der Waals surface area contributed by atoms with Gasteiger partial charge >= 0.3 is 0 Å². The number of aryl methyl sites for hydroxylation is 2. The Hall–Kier alpha value is -1.65. The first-order valence-electron chi connectivity index (χ1n) is 6.98. The summed E-state index contributed by atoms with van der Waals surface area (Å²) < 4.78 is 1.85. The van der Waals surface area contributed by atoms with Gasteiger partial charge in [0.25, 0.3) is 0 Å². The largest absolute Gasteiger partial charge is 0.350 e. The molecule has 0 saturated carbocycles. The molecule has 1 heterocycles. The Balaban J connectivity index is 1.78. The van der Waals surface area contributed by atoms with Gasteiger partial charge in [-0.1, -0.05) is 11.6 Å². The highest BCUT2D eigenvalue weighted by molar-refractivity contribution is 5.76. The molecule has 1 atom stereocenters. The third-order valence-electron chi connectivity index (χ3n) is 3.64. The van der Waals surface area contributed by atoms with Crippen LogP contribution < -0.4 is 5.32 Å². The van der Waals surface area contributed by atoms with Crippen molar-refractivity contribution in [2.24, 2.45) is 7.05 Å². The average Bonchev–Trinajstić information content (AvgIpc) is 2.83. The number of carbonyl (C=O) groups excluding carboxylic acids is 1. The average molecular weight is 262 g/mol. The first-order valence-corrected chi connectivity index (χ1v) is 6.98. The van der Waals surface area contributed by atoms with Crippen molar-refractivity contribution in [3.05, 3.63) is 23.8 Å². The van der Waals surface area contributed by atoms with E-state index in [-0.39, 0.29) is 11.9 Å². The lowest BCUT2D eigenvalue weighted by molar-refractivity contribution is -0.121. The van der Waals surface area contributed by atoms with Crippen molar-refractivity contribution in [2.45, 2.75) is 51.5 Å². The summed E-state index contributed by atoms with van der Waals surface area (Å²) in [6.07, 6.45) is 9.80. The van der Waals surface area contributed by atoms with Crippen LogP contribution in [-0.2, 0) is 18.3 Å². The molecule has 1 amide bonds. The van der Waals surface area contributed by atoms with Crippen LogP contribution in [0.5, 0.6) is 0 Å². The summed E-state index contributed by atoms with van der Waals surface area (Å²) in [5, 5.41) is 10.9. The van der Waals surface area contributed by atoms with Gasteiger partial charge in [-0.25, -0.2) is 0 Å². The van der Waals surface area contributed by atoms with E-state index >= 15 is 0 Å². The Morgan fingerprint density at radius 2 is 2.37 bits per heavy atom. The van der Waals surface area contributed by atoms with Crippen molar-refractivity contribution in [1.82, 2.24) is 20.1 Å². The maximum Gasteiger partial charge on any atom is 0.220 e. The molecule has 5 heteroatoms. The predicted molar refractivity (Wildman–Crippen MR) is 73.5 cm³/mol. The standard InChI is InChI=1S/C14H22N4O/c1-11(12-6-4-3-5-7-12)16-14(19)9-8-13-17-15-10-18(13)2/h6,10-11H,3-5,7-9H2,1-2H3,(H,16,19)/t11-/m1/s1. The lowest BCUT2D eigenvalue weighted by Gasteiger charge is -2.20. The molecule has 0 saturated heterocycles. The first kappa shape index (κ1) is 13.8. The van der Waals surface area contributed by atoms with Crippen molar-refractivity contribution in [1.29, 1.82) is 0 Å². The lowest BCUT2D eigenvalue weighted by Crippen LogP contribution is -2.34. The maximum absolute atomic E-state index is 11.9. The summed E-state index contributed by atoms with van der Waals surface area (Å²) >= 11 is 0. The highest BCUT2D eigenvalue weighted by Gasteiger charge is 2.14. The Labute approximate surface area is 114 Å². The Morgan fingerprint density at radius 3 is 3.00 bits per heavy atom. The second-order valence-corrected chi connectivity index (χ2v) is 5.17. The minimum Gasteiger partial charge on any atom is -0.350 e. The van der Waals surface area contributed by atoms with E-state index in [1.165, 1.54) is 18.4 Å². The zero-order chi connectivity index (χ0) is 13.7. The topological polar surface area (TPSA) is 59.8 Å². The van der Waals surface area contributed by atoms with Gasteiger partial charge in [0, 0.05) is 25.9 Å². The summed E-state index contributed by atoms with van der Waals surface area (Å²) in [4.78, 5) is 11.9. The maximum atomic E-state index is 11.9. The molecule has 0 aromatic carbocycles. The monoisotopic (exact) mass is 262 g/mol. The third-order valence-corrected chi connectivity index (χ3v) is 3.64. The molecule has 0 fully saturated rings. The molecule has 1 aliphatic rings. The quantitative estimate of drug-likeness (QED) is 0.822. The Kier molecular flexibility index (Phi) is 4.71. The molecular formula is C14H22N4O. The molecule has 1 aromatic rings. The molecule has 1 N–H and O–H groups in total. The summed E-state index contributed by atoms with van der Waals surface area (Å²) in [5.74, 6) is 0.932. The lowest BCUT2D eigenvalue weighted by atomic mass is 9.94. The summed E-state index contributed by atoms with van der Waals surface area (Å²) in [7, 11) is 1.89. The van der Waals surface area contributed by atoms with Gasteiger partial charge < -0.3 is 9.88 Å². The van der Waals surface area contributed by atoms with E-state index in [2.05, 4.69) is 28.5 Å². The van der Waals surface area contributed by atoms with Crippen molar-refractivity contribution < 1.29 is 4.79 Å². The van der Waals surface area contributed by atoms with E-state index < -0.39 is 0 Å². The van der Waals surface area contributed by atoms with Crippen LogP contribution in [0.25, 0.3) is 0 Å². The molecule has 0 unspecified atom stereocenters. The number of hydrogen-bond acceptors (Lipinski definition) is 3. The highest BCUT2D eigenvalue weighted by Crippen LogP contribution is 2.20. The van der Waals surface area contributed by atoms with Gasteiger partial charge in [-0.2, -0.15) is 0 Å². The highest BCUT2D eigenvalue weighted by atomic mass is 16.1. The van der Waals surface area contributed by atoms with Gasteiger partial charge in [-0.05, 0) is 32.6 Å². The zero-order valence-corrected chi connectivity index (χ0v) is 11.7. The van der Waals surface area contributed by atoms with Crippen LogP contribution in [0, 0.1) is 0 Å². The number of amides is 1. The number of nitrogens with one attached hydrogen (secondary N) is 1. The summed E-state index contributed by atoms with van der Waals surface area (Å²) in [5.41, 5.74) is 1.37. The molecule has 2 rings (SSSR count). The number of carbonyl (C=O) groups is 1. The smallest absolute Gasteiger partial charge is 0.220 e. The van der Waals surface area contributed by atoms with Crippen molar-refractivity contribution in [3.63, 3.8) is 0 Å². The summed E-state index contributed by atoms with van der Waals surface area (Å²) in [6, 6.07) is 0.160. The van der Waals surface area contributed by atoms with Crippen LogP contribution in [-0.4, -0.2) is 26.7 Å². The Morgan fingerprint density at radius 1 is 1.53 bits per heavy atom. The molecule has 0 radical (unpaired) electrons. The molecule has 1 aromatic heterocycles. The fraction of sp³-hybridized carbons (Fsp3) is 0.643. The predicted octanol–water partition coefficient (Wildman–Crippen LogP) is 1.75. The van der Waals surface area contributed by atoms with Gasteiger partial charge in [-0.3, -0.25) is 4.79 Å². The van der Waals surface area contributed by atoms with E-state index in [9.17, 15) is 4.79 Å². The van der Waals surface area contributed by atoms with E-state index in [1.54, 1.807) is 6.33 Å². The number of rotatable bonds is 5. The number of nitrogens with zero attached hydrogens (tertiary/aromatic N) is 3. The Bertz CT molecular complexity index is 464. The molecule has 0 bridgehead atoms. The van der Waals surface area contributed by atoms with Crippen molar-refractivity contribution in [3.8, 4) is 0 Å². The van der Waals surface area contributed by atoms with Crippen LogP contribution in [0.3, 0.4) is 0 Å². The van der Waals surface area contributed by atoms with Crippen LogP contribution in [0.15, 0.2) is 18.0 Å². The first-order chi connectivity index (χ1) is 9.16. The minimum atomic E-state index is 0.0852. The van der Waals surface area contributed by atoms with Gasteiger partial charge in [-0.15, -0.1) is 10.2 Å². The van der Waals surface area contributed by atoms with Crippen LogP contribution in [0.2, 0.25) is 0 Å². The van der Waals surface area contributed by atoms with Crippen LogP contribution in [0.4, 0.5) is 0 Å². The molecule has 104 valence electrons. The second-order valence-electron chi connectivity index (χ2n) is 5.17. The van der Waals surface area contributed by atoms with Gasteiger partial charge in [0.05, 0.1) is 0 Å². The van der Waals surface area contributed by atoms with Crippen LogP contribution >= 0.6 is 0 Å². The molecule has 0 spiro atoms. The SMILES string of the molecule is C[C@@H](NC(=O)CCc1nncn1C)C1=CCCCC1. The second kappa shape index (κ2) is 6.50. The van der Waals surface area contributed by atoms with Gasteiger partial charge in [0.15, 0.2) is 0 Å².